The molecule has 0 rings (SSSR count). The van der Waals surface area contributed by atoms with Crippen LogP contribution in [0.4, 0.5) is 0 Å². The predicted octanol–water partition coefficient (Wildman–Crippen LogP) is 1.31. The number of hydrogen-bond donors (Lipinski definition) is 2. The number of nitrogens with one attached hydrogen (secondary N) is 2. The molecule has 0 heterocycles. The summed E-state index contributed by atoms with van der Waals surface area (Å²) < 4.78 is 5.49. The van der Waals surface area contributed by atoms with Crippen molar-refractivity contribution in [3.05, 3.63) is 0 Å². The topological polar surface area (TPSA) is 66.0 Å². The lowest BCUT2D eigenvalue weighted by Gasteiger charge is -2.30. The molecule has 0 spiro atoms. The van der Waals surface area contributed by atoms with Gasteiger partial charge in [0.05, 0.1) is 6.10 Å². The molecule has 0 aliphatic rings. The smallest absolute Gasteiger partial charge is 0.243 e. The number of hydrogen-bond acceptors (Lipinski definition) is 3. The second kappa shape index (κ2) is 11.1. The van der Waals surface area contributed by atoms with Crippen LogP contribution in [0.2, 0.25) is 0 Å². The number of guanidine groups is 1. The van der Waals surface area contributed by atoms with E-state index in [0.29, 0.717) is 12.5 Å². The lowest BCUT2D eigenvalue weighted by molar-refractivity contribution is -0.127. The maximum Gasteiger partial charge on any atom is 0.243 e. The lowest BCUT2D eigenvalue weighted by Crippen LogP contribution is -2.45. The number of nitrogens with zero attached hydrogens (tertiary/aromatic N) is 2. The first-order chi connectivity index (χ1) is 9.22. The van der Waals surface area contributed by atoms with Gasteiger partial charge in [0, 0.05) is 34.3 Å². The van der Waals surface area contributed by atoms with Gasteiger partial charge in [0.25, 0.3) is 0 Å². The van der Waals surface area contributed by atoms with Crippen LogP contribution in [0.25, 0.3) is 0 Å². The fourth-order valence-corrected chi connectivity index (χ4v) is 1.56. The monoisotopic (exact) mass is 414 g/mol. The fourth-order valence-electron chi connectivity index (χ4n) is 1.56. The SMILES string of the molecule is CCNC(=NCC(=O)N(C)C)NCC(OC)C(C)(C)C.I. The van der Waals surface area contributed by atoms with E-state index in [9.17, 15) is 4.79 Å². The molecule has 0 aromatic rings. The zero-order chi connectivity index (χ0) is 15.8. The summed E-state index contributed by atoms with van der Waals surface area (Å²) in [6.45, 7) is 9.89. The maximum absolute atomic E-state index is 11.5. The summed E-state index contributed by atoms with van der Waals surface area (Å²) in [7, 11) is 5.15. The molecule has 21 heavy (non-hydrogen) atoms. The van der Waals surface area contributed by atoms with Gasteiger partial charge in [-0.3, -0.25) is 4.79 Å². The van der Waals surface area contributed by atoms with Gasteiger partial charge in [-0.15, -0.1) is 24.0 Å². The van der Waals surface area contributed by atoms with Gasteiger partial charge >= 0.3 is 0 Å². The number of halogens is 1. The molecular formula is C14H31IN4O2. The number of amides is 1. The third kappa shape index (κ3) is 9.89. The molecule has 1 atom stereocenters. The molecule has 0 bridgehead atoms. The van der Waals surface area contributed by atoms with Crippen molar-refractivity contribution in [2.75, 3.05) is 40.8 Å². The van der Waals surface area contributed by atoms with E-state index >= 15 is 0 Å². The molecule has 0 radical (unpaired) electrons. The van der Waals surface area contributed by atoms with E-state index in [0.717, 1.165) is 6.54 Å². The highest BCUT2D eigenvalue weighted by molar-refractivity contribution is 14.0. The van der Waals surface area contributed by atoms with Crippen LogP contribution in [-0.4, -0.2) is 63.7 Å². The molecule has 6 nitrogen and oxygen atoms in total. The second-order valence-electron chi connectivity index (χ2n) is 5.95. The Morgan fingerprint density at radius 1 is 1.29 bits per heavy atom. The highest BCUT2D eigenvalue weighted by Gasteiger charge is 2.24. The summed E-state index contributed by atoms with van der Waals surface area (Å²) in [5.74, 6) is 0.607. The third-order valence-corrected chi connectivity index (χ3v) is 2.92. The number of carbonyl (C=O) groups excluding carboxylic acids is 1. The van der Waals surface area contributed by atoms with E-state index in [-0.39, 0.29) is 47.9 Å². The van der Waals surface area contributed by atoms with Crippen LogP contribution in [0.3, 0.4) is 0 Å². The predicted molar refractivity (Wildman–Crippen MR) is 98.3 cm³/mol. The highest BCUT2D eigenvalue weighted by Crippen LogP contribution is 2.20. The molecule has 0 saturated heterocycles. The summed E-state index contributed by atoms with van der Waals surface area (Å²) in [4.78, 5) is 17.3. The van der Waals surface area contributed by atoms with Gasteiger partial charge in [-0.25, -0.2) is 4.99 Å². The van der Waals surface area contributed by atoms with Crippen molar-refractivity contribution in [3.63, 3.8) is 0 Å². The van der Waals surface area contributed by atoms with E-state index < -0.39 is 0 Å². The zero-order valence-electron chi connectivity index (χ0n) is 14.3. The molecule has 0 aliphatic heterocycles. The Morgan fingerprint density at radius 3 is 2.24 bits per heavy atom. The number of ether oxygens (including phenoxy) is 1. The molecule has 126 valence electrons. The van der Waals surface area contributed by atoms with Gasteiger partial charge in [-0.2, -0.15) is 0 Å². The van der Waals surface area contributed by atoms with E-state index in [1.165, 1.54) is 4.90 Å². The molecule has 0 fully saturated rings. The number of likely N-dealkylation sites (N-methyl/N-ethyl adjacent to an activating group) is 1. The first kappa shape index (κ1) is 22.7. The van der Waals surface area contributed by atoms with E-state index in [1.807, 2.05) is 6.92 Å². The van der Waals surface area contributed by atoms with Crippen LogP contribution in [-0.2, 0) is 9.53 Å². The van der Waals surface area contributed by atoms with Gasteiger partial charge in [0.1, 0.15) is 6.54 Å². The minimum atomic E-state index is -0.0266. The molecule has 0 aromatic carbocycles. The number of rotatable bonds is 6. The summed E-state index contributed by atoms with van der Waals surface area (Å²) in [6.07, 6.45) is 0.0657. The van der Waals surface area contributed by atoms with Crippen molar-refractivity contribution in [3.8, 4) is 0 Å². The first-order valence-electron chi connectivity index (χ1n) is 6.97. The summed E-state index contributed by atoms with van der Waals surface area (Å²) >= 11 is 0. The van der Waals surface area contributed by atoms with Crippen LogP contribution in [0.5, 0.6) is 0 Å². The van der Waals surface area contributed by atoms with E-state index in [1.54, 1.807) is 21.2 Å². The molecule has 1 amide bonds. The van der Waals surface area contributed by atoms with Crippen molar-refractivity contribution in [1.29, 1.82) is 0 Å². The Bertz CT molecular complexity index is 327. The first-order valence-corrected chi connectivity index (χ1v) is 6.97. The molecule has 7 heteroatoms. The average molecular weight is 414 g/mol. The maximum atomic E-state index is 11.5. The Morgan fingerprint density at radius 2 is 1.86 bits per heavy atom. The Kier molecular flexibility index (Phi) is 12.0. The summed E-state index contributed by atoms with van der Waals surface area (Å²) in [6, 6.07) is 0. The van der Waals surface area contributed by atoms with Crippen LogP contribution in [0.15, 0.2) is 4.99 Å². The molecule has 0 saturated carbocycles. The quantitative estimate of drug-likeness (QED) is 0.391. The van der Waals surface area contributed by atoms with Crippen LogP contribution in [0.1, 0.15) is 27.7 Å². The summed E-state index contributed by atoms with van der Waals surface area (Å²) in [5, 5.41) is 6.34. The van der Waals surface area contributed by atoms with Crippen LogP contribution in [0, 0.1) is 5.41 Å². The van der Waals surface area contributed by atoms with Crippen molar-refractivity contribution in [2.24, 2.45) is 10.4 Å². The summed E-state index contributed by atoms with van der Waals surface area (Å²) in [5.41, 5.74) is 0.0402. The normalized spacial score (nSPS) is 13.2. The Labute approximate surface area is 146 Å². The van der Waals surface area contributed by atoms with Gasteiger partial charge in [-0.1, -0.05) is 20.8 Å². The number of methoxy groups -OCH3 is 1. The number of carbonyl (C=O) groups is 1. The van der Waals surface area contributed by atoms with Crippen molar-refractivity contribution < 1.29 is 9.53 Å². The minimum Gasteiger partial charge on any atom is -0.379 e. The van der Waals surface area contributed by atoms with Crippen LogP contribution < -0.4 is 10.6 Å². The molecular weight excluding hydrogens is 383 g/mol. The fraction of sp³-hybridized carbons (Fsp3) is 0.857. The minimum absolute atomic E-state index is 0. The van der Waals surface area contributed by atoms with Gasteiger partial charge in [-0.05, 0) is 12.3 Å². The standard InChI is InChI=1S/C14H30N4O2.HI/c1-8-15-13(17-10-12(19)18(5)6)16-9-11(20-7)14(2,3)4;/h11H,8-10H2,1-7H3,(H2,15,16,17);1H. The van der Waals surface area contributed by atoms with Crippen molar-refractivity contribution >= 4 is 35.8 Å². The largest absolute Gasteiger partial charge is 0.379 e. The number of aliphatic imine (C=N–C) groups is 1. The molecule has 0 aromatic heterocycles. The molecule has 0 aliphatic carbocycles. The second-order valence-corrected chi connectivity index (χ2v) is 5.95. The van der Waals surface area contributed by atoms with E-state index in [2.05, 4.69) is 36.4 Å². The zero-order valence-corrected chi connectivity index (χ0v) is 16.6. The third-order valence-electron chi connectivity index (χ3n) is 2.92. The van der Waals surface area contributed by atoms with Crippen molar-refractivity contribution in [2.45, 2.75) is 33.8 Å². The van der Waals surface area contributed by atoms with Crippen LogP contribution >= 0.6 is 24.0 Å². The Hall–Kier alpha value is -0.570. The lowest BCUT2D eigenvalue weighted by atomic mass is 9.89. The van der Waals surface area contributed by atoms with E-state index in [4.69, 9.17) is 4.74 Å². The highest BCUT2D eigenvalue weighted by atomic mass is 127. The van der Waals surface area contributed by atoms with Gasteiger partial charge in [0.15, 0.2) is 5.96 Å². The molecule has 2 N–H and O–H groups in total. The Balaban J connectivity index is 0. The van der Waals surface area contributed by atoms with Gasteiger partial charge in [0.2, 0.25) is 5.91 Å². The average Bonchev–Trinajstić information content (AvgIpc) is 2.34. The van der Waals surface area contributed by atoms with Gasteiger partial charge < -0.3 is 20.3 Å². The molecule has 1 unspecified atom stereocenters. The van der Waals surface area contributed by atoms with Crippen molar-refractivity contribution in [1.82, 2.24) is 15.5 Å².